The Balaban J connectivity index is 2.16. The van der Waals surface area contributed by atoms with E-state index in [0.717, 1.165) is 31.5 Å². The predicted molar refractivity (Wildman–Crippen MR) is 84.2 cm³/mol. The van der Waals surface area contributed by atoms with E-state index < -0.39 is 0 Å². The molecule has 0 unspecified atom stereocenters. The van der Waals surface area contributed by atoms with E-state index in [-0.39, 0.29) is 18.6 Å². The lowest BCUT2D eigenvalue weighted by Gasteiger charge is -2.37. The van der Waals surface area contributed by atoms with Crippen molar-refractivity contribution in [3.05, 3.63) is 29.3 Å². The van der Waals surface area contributed by atoms with Gasteiger partial charge < -0.3 is 20.6 Å². The molecule has 0 aromatic heterocycles. The van der Waals surface area contributed by atoms with E-state index in [1.165, 1.54) is 0 Å². The molecule has 0 atom stereocenters. The van der Waals surface area contributed by atoms with E-state index in [9.17, 15) is 9.90 Å². The van der Waals surface area contributed by atoms with Crippen LogP contribution >= 0.6 is 0 Å². The van der Waals surface area contributed by atoms with Crippen molar-refractivity contribution < 1.29 is 9.90 Å². The number of carbonyl (C=O) groups excluding carboxylic acids is 1. The van der Waals surface area contributed by atoms with Crippen LogP contribution in [0.2, 0.25) is 0 Å². The molecule has 0 bridgehead atoms. The predicted octanol–water partition coefficient (Wildman–Crippen LogP) is 1.11. The van der Waals surface area contributed by atoms with Crippen LogP contribution in [0.5, 0.6) is 0 Å². The van der Waals surface area contributed by atoms with Gasteiger partial charge in [0, 0.05) is 23.8 Å². The van der Waals surface area contributed by atoms with Gasteiger partial charge in [-0.3, -0.25) is 4.79 Å². The van der Waals surface area contributed by atoms with Crippen molar-refractivity contribution in [3.8, 4) is 0 Å². The summed E-state index contributed by atoms with van der Waals surface area (Å²) in [5, 5.41) is 9.29. The topological polar surface area (TPSA) is 69.8 Å². The van der Waals surface area contributed by atoms with Gasteiger partial charge in [-0.2, -0.15) is 0 Å². The number of amides is 1. The number of rotatable bonds is 4. The van der Waals surface area contributed by atoms with Gasteiger partial charge in [0.25, 0.3) is 5.91 Å². The average molecular weight is 291 g/mol. The van der Waals surface area contributed by atoms with Gasteiger partial charge in [-0.05, 0) is 63.7 Å². The molecule has 1 fully saturated rings. The van der Waals surface area contributed by atoms with Gasteiger partial charge in [-0.15, -0.1) is 0 Å². The highest BCUT2D eigenvalue weighted by molar-refractivity contribution is 5.95. The molecule has 116 valence electrons. The highest BCUT2D eigenvalue weighted by Gasteiger charge is 2.27. The van der Waals surface area contributed by atoms with Crippen molar-refractivity contribution in [2.24, 2.45) is 0 Å². The van der Waals surface area contributed by atoms with Crippen LogP contribution < -0.4 is 5.73 Å². The molecule has 5 nitrogen and oxygen atoms in total. The van der Waals surface area contributed by atoms with Crippen LogP contribution in [-0.4, -0.2) is 60.1 Å². The second kappa shape index (κ2) is 6.91. The number of anilines is 1. The third kappa shape index (κ3) is 3.74. The van der Waals surface area contributed by atoms with Crippen molar-refractivity contribution in [2.45, 2.75) is 25.8 Å². The van der Waals surface area contributed by atoms with E-state index in [0.29, 0.717) is 17.8 Å². The first-order valence-electron chi connectivity index (χ1n) is 7.49. The van der Waals surface area contributed by atoms with Crippen molar-refractivity contribution in [2.75, 3.05) is 39.0 Å². The van der Waals surface area contributed by atoms with Crippen molar-refractivity contribution >= 4 is 11.6 Å². The van der Waals surface area contributed by atoms with Crippen molar-refractivity contribution in [3.63, 3.8) is 0 Å². The summed E-state index contributed by atoms with van der Waals surface area (Å²) in [5.74, 6) is -0.0123. The maximum atomic E-state index is 12.7. The SMILES string of the molecule is Cc1cc(C(=O)N(CCO)C2CCN(C)CC2)ccc1N. The van der Waals surface area contributed by atoms with Crippen LogP contribution in [0.3, 0.4) is 0 Å². The highest BCUT2D eigenvalue weighted by Crippen LogP contribution is 2.20. The van der Waals surface area contributed by atoms with E-state index in [4.69, 9.17) is 5.73 Å². The van der Waals surface area contributed by atoms with Gasteiger partial charge in [-0.1, -0.05) is 0 Å². The molecule has 1 heterocycles. The fourth-order valence-electron chi connectivity index (χ4n) is 2.84. The Labute approximate surface area is 126 Å². The monoisotopic (exact) mass is 291 g/mol. The number of aliphatic hydroxyl groups is 1. The van der Waals surface area contributed by atoms with Crippen LogP contribution in [0.1, 0.15) is 28.8 Å². The molecule has 3 N–H and O–H groups in total. The highest BCUT2D eigenvalue weighted by atomic mass is 16.3. The second-order valence-corrected chi connectivity index (χ2v) is 5.83. The molecule has 1 aliphatic rings. The summed E-state index contributed by atoms with van der Waals surface area (Å²) in [6.07, 6.45) is 1.91. The largest absolute Gasteiger partial charge is 0.399 e. The van der Waals surface area contributed by atoms with E-state index >= 15 is 0 Å². The molecule has 1 amide bonds. The maximum Gasteiger partial charge on any atom is 0.254 e. The molecule has 0 aliphatic carbocycles. The zero-order valence-corrected chi connectivity index (χ0v) is 12.9. The van der Waals surface area contributed by atoms with Crippen LogP contribution in [0.4, 0.5) is 5.69 Å². The van der Waals surface area contributed by atoms with E-state index in [1.807, 2.05) is 17.9 Å². The van der Waals surface area contributed by atoms with Crippen LogP contribution in [0.25, 0.3) is 0 Å². The summed E-state index contributed by atoms with van der Waals surface area (Å²) in [6.45, 7) is 4.25. The number of piperidine rings is 1. The third-order valence-electron chi connectivity index (χ3n) is 4.25. The molecule has 1 aromatic rings. The molecule has 2 rings (SSSR count). The summed E-state index contributed by atoms with van der Waals surface area (Å²) in [6, 6.07) is 5.58. The summed E-state index contributed by atoms with van der Waals surface area (Å²) < 4.78 is 0. The Morgan fingerprint density at radius 1 is 1.43 bits per heavy atom. The Morgan fingerprint density at radius 2 is 2.10 bits per heavy atom. The molecule has 1 aromatic carbocycles. The fraction of sp³-hybridized carbons (Fsp3) is 0.562. The van der Waals surface area contributed by atoms with Gasteiger partial charge in [0.05, 0.1) is 6.61 Å². The van der Waals surface area contributed by atoms with Crippen LogP contribution in [0.15, 0.2) is 18.2 Å². The molecule has 5 heteroatoms. The first kappa shape index (κ1) is 15.8. The second-order valence-electron chi connectivity index (χ2n) is 5.83. The van der Waals surface area contributed by atoms with Gasteiger partial charge in [0.2, 0.25) is 0 Å². The molecule has 0 radical (unpaired) electrons. The minimum Gasteiger partial charge on any atom is -0.399 e. The van der Waals surface area contributed by atoms with E-state index in [2.05, 4.69) is 11.9 Å². The first-order chi connectivity index (χ1) is 10.0. The molecule has 0 spiro atoms. The van der Waals surface area contributed by atoms with Crippen LogP contribution in [-0.2, 0) is 0 Å². The Hall–Kier alpha value is -1.59. The van der Waals surface area contributed by atoms with Crippen LogP contribution in [0, 0.1) is 6.92 Å². The number of nitrogen functional groups attached to an aromatic ring is 1. The summed E-state index contributed by atoms with van der Waals surface area (Å²) in [4.78, 5) is 16.8. The Morgan fingerprint density at radius 3 is 2.67 bits per heavy atom. The smallest absolute Gasteiger partial charge is 0.254 e. The fourth-order valence-corrected chi connectivity index (χ4v) is 2.84. The normalized spacial score (nSPS) is 16.9. The zero-order chi connectivity index (χ0) is 15.4. The number of nitrogens with zero attached hydrogens (tertiary/aromatic N) is 2. The Kier molecular flexibility index (Phi) is 5.20. The Bertz CT molecular complexity index is 496. The van der Waals surface area contributed by atoms with Gasteiger partial charge in [0.1, 0.15) is 0 Å². The zero-order valence-electron chi connectivity index (χ0n) is 12.9. The number of hydrogen-bond acceptors (Lipinski definition) is 4. The number of aryl methyl sites for hydroxylation is 1. The van der Waals surface area contributed by atoms with E-state index in [1.54, 1.807) is 12.1 Å². The van der Waals surface area contributed by atoms with Gasteiger partial charge >= 0.3 is 0 Å². The molecule has 1 saturated heterocycles. The van der Waals surface area contributed by atoms with Crippen molar-refractivity contribution in [1.82, 2.24) is 9.80 Å². The number of carbonyl (C=O) groups is 1. The molecule has 1 aliphatic heterocycles. The summed E-state index contributed by atoms with van der Waals surface area (Å²) >= 11 is 0. The lowest BCUT2D eigenvalue weighted by Crippen LogP contribution is -2.47. The molecular weight excluding hydrogens is 266 g/mol. The van der Waals surface area contributed by atoms with Gasteiger partial charge in [0.15, 0.2) is 0 Å². The van der Waals surface area contributed by atoms with Crippen molar-refractivity contribution in [1.29, 1.82) is 0 Å². The first-order valence-corrected chi connectivity index (χ1v) is 7.49. The molecular formula is C16H25N3O2. The lowest BCUT2D eigenvalue weighted by atomic mass is 10.0. The summed E-state index contributed by atoms with van der Waals surface area (Å²) in [7, 11) is 2.09. The minimum absolute atomic E-state index is 0.00790. The number of hydrogen-bond donors (Lipinski definition) is 2. The number of aliphatic hydroxyl groups excluding tert-OH is 1. The number of likely N-dealkylation sites (tertiary alicyclic amines) is 1. The average Bonchev–Trinajstić information content (AvgIpc) is 2.48. The quantitative estimate of drug-likeness (QED) is 0.815. The number of benzene rings is 1. The molecule has 21 heavy (non-hydrogen) atoms. The third-order valence-corrected chi connectivity index (χ3v) is 4.25. The standard InChI is InChI=1S/C16H25N3O2/c1-12-11-13(3-4-15(12)17)16(21)19(9-10-20)14-5-7-18(2)8-6-14/h3-4,11,14,20H,5-10,17H2,1-2H3. The van der Waals surface area contributed by atoms with Gasteiger partial charge in [-0.25, -0.2) is 0 Å². The minimum atomic E-state index is -0.0123. The lowest BCUT2D eigenvalue weighted by molar-refractivity contribution is 0.0540. The molecule has 0 saturated carbocycles. The summed E-state index contributed by atoms with van der Waals surface area (Å²) in [5.41, 5.74) is 8.06. The maximum absolute atomic E-state index is 12.7. The number of nitrogens with two attached hydrogens (primary N) is 1.